The summed E-state index contributed by atoms with van der Waals surface area (Å²) in [5.41, 5.74) is 1.67. The van der Waals surface area contributed by atoms with Crippen LogP contribution in [-0.2, 0) is 16.0 Å². The number of rotatable bonds is 4. The van der Waals surface area contributed by atoms with E-state index >= 15 is 0 Å². The van der Waals surface area contributed by atoms with Gasteiger partial charge in [0.25, 0.3) is 0 Å². The van der Waals surface area contributed by atoms with Gasteiger partial charge in [-0.1, -0.05) is 19.1 Å². The second-order valence-electron chi connectivity index (χ2n) is 3.82. The molecule has 0 fully saturated rings. The maximum atomic E-state index is 10.8. The zero-order valence-electron chi connectivity index (χ0n) is 9.36. The lowest BCUT2D eigenvalue weighted by Gasteiger charge is -2.07. The van der Waals surface area contributed by atoms with E-state index in [-0.39, 0.29) is 5.91 Å². The summed E-state index contributed by atoms with van der Waals surface area (Å²) in [6.07, 6.45) is 0.496. The van der Waals surface area contributed by atoms with E-state index in [0.29, 0.717) is 6.42 Å². The number of hydrogen-bond acceptors (Lipinski definition) is 2. The normalized spacial score (nSPS) is 11.9. The van der Waals surface area contributed by atoms with Gasteiger partial charge in [0.05, 0.1) is 5.92 Å². The monoisotopic (exact) mass is 221 g/mol. The fourth-order valence-electron chi connectivity index (χ4n) is 1.37. The third-order valence-electron chi connectivity index (χ3n) is 2.24. The molecule has 0 radical (unpaired) electrons. The van der Waals surface area contributed by atoms with E-state index in [2.05, 4.69) is 5.32 Å². The Balaban J connectivity index is 2.64. The van der Waals surface area contributed by atoms with Crippen molar-refractivity contribution in [2.75, 3.05) is 5.32 Å². The Morgan fingerprint density at radius 1 is 1.31 bits per heavy atom. The molecule has 4 nitrogen and oxygen atoms in total. The third kappa shape index (κ3) is 3.73. The van der Waals surface area contributed by atoms with Crippen molar-refractivity contribution in [3.05, 3.63) is 29.8 Å². The first-order valence-electron chi connectivity index (χ1n) is 5.08. The van der Waals surface area contributed by atoms with Crippen LogP contribution in [0.15, 0.2) is 24.3 Å². The largest absolute Gasteiger partial charge is 0.481 e. The number of nitrogens with one attached hydrogen (secondary N) is 1. The Morgan fingerprint density at radius 3 is 2.31 bits per heavy atom. The predicted octanol–water partition coefficient (Wildman–Crippen LogP) is 1.91. The molecule has 0 aliphatic heterocycles. The van der Waals surface area contributed by atoms with E-state index < -0.39 is 11.9 Å². The van der Waals surface area contributed by atoms with Crippen molar-refractivity contribution >= 4 is 17.6 Å². The first kappa shape index (κ1) is 12.2. The lowest BCUT2D eigenvalue weighted by molar-refractivity contribution is -0.141. The first-order chi connectivity index (χ1) is 7.49. The van der Waals surface area contributed by atoms with Gasteiger partial charge in [0.1, 0.15) is 0 Å². The van der Waals surface area contributed by atoms with E-state index in [1.807, 2.05) is 12.1 Å². The SMILES string of the molecule is CC(=O)Nc1ccc(C[C@H](C)C(=O)O)cc1. The molecule has 0 heterocycles. The standard InChI is InChI=1S/C12H15NO3/c1-8(12(15)16)7-10-3-5-11(6-4-10)13-9(2)14/h3-6,8H,7H2,1-2H3,(H,13,14)(H,15,16)/t8-/m0/s1. The third-order valence-corrected chi connectivity index (χ3v) is 2.24. The van der Waals surface area contributed by atoms with Crippen molar-refractivity contribution in [3.8, 4) is 0 Å². The van der Waals surface area contributed by atoms with Gasteiger partial charge < -0.3 is 10.4 Å². The molecule has 2 N–H and O–H groups in total. The quantitative estimate of drug-likeness (QED) is 0.816. The van der Waals surface area contributed by atoms with Gasteiger partial charge in [-0.15, -0.1) is 0 Å². The lowest BCUT2D eigenvalue weighted by Crippen LogP contribution is -2.12. The minimum atomic E-state index is -0.800. The summed E-state index contributed by atoms with van der Waals surface area (Å²) < 4.78 is 0. The molecule has 1 aromatic carbocycles. The molecule has 0 aliphatic rings. The number of anilines is 1. The minimum Gasteiger partial charge on any atom is -0.481 e. The average Bonchev–Trinajstić information content (AvgIpc) is 2.20. The maximum absolute atomic E-state index is 10.8. The van der Waals surface area contributed by atoms with Crippen LogP contribution < -0.4 is 5.32 Å². The van der Waals surface area contributed by atoms with Crippen LogP contribution in [0.1, 0.15) is 19.4 Å². The van der Waals surface area contributed by atoms with Crippen molar-refractivity contribution in [2.24, 2.45) is 5.92 Å². The molecule has 1 atom stereocenters. The van der Waals surface area contributed by atoms with Crippen molar-refractivity contribution in [2.45, 2.75) is 20.3 Å². The molecular weight excluding hydrogens is 206 g/mol. The highest BCUT2D eigenvalue weighted by molar-refractivity contribution is 5.88. The number of carboxylic acid groups (broad SMARTS) is 1. The van der Waals surface area contributed by atoms with Crippen LogP contribution in [0.2, 0.25) is 0 Å². The van der Waals surface area contributed by atoms with Gasteiger partial charge in [-0.2, -0.15) is 0 Å². The van der Waals surface area contributed by atoms with Gasteiger partial charge in [-0.25, -0.2) is 0 Å². The maximum Gasteiger partial charge on any atom is 0.306 e. The molecule has 0 unspecified atom stereocenters. The molecule has 16 heavy (non-hydrogen) atoms. The summed E-state index contributed by atoms with van der Waals surface area (Å²) in [6, 6.07) is 7.19. The predicted molar refractivity (Wildman–Crippen MR) is 61.2 cm³/mol. The van der Waals surface area contributed by atoms with Crippen molar-refractivity contribution < 1.29 is 14.7 Å². The highest BCUT2D eigenvalue weighted by Crippen LogP contribution is 2.13. The van der Waals surface area contributed by atoms with Gasteiger partial charge in [0, 0.05) is 12.6 Å². The summed E-state index contributed by atoms with van der Waals surface area (Å²) in [7, 11) is 0. The van der Waals surface area contributed by atoms with Crippen LogP contribution in [0.4, 0.5) is 5.69 Å². The molecule has 0 aliphatic carbocycles. The molecule has 4 heteroatoms. The Hall–Kier alpha value is -1.84. The molecular formula is C12H15NO3. The van der Waals surface area contributed by atoms with Crippen LogP contribution in [0.25, 0.3) is 0 Å². The smallest absolute Gasteiger partial charge is 0.306 e. The van der Waals surface area contributed by atoms with Gasteiger partial charge in [-0.3, -0.25) is 9.59 Å². The number of benzene rings is 1. The van der Waals surface area contributed by atoms with E-state index in [4.69, 9.17) is 5.11 Å². The molecule has 86 valence electrons. The Morgan fingerprint density at radius 2 is 1.88 bits per heavy atom. The molecule has 1 rings (SSSR count). The molecule has 1 aromatic rings. The van der Waals surface area contributed by atoms with E-state index in [1.54, 1.807) is 19.1 Å². The van der Waals surface area contributed by atoms with Crippen LogP contribution >= 0.6 is 0 Å². The zero-order valence-corrected chi connectivity index (χ0v) is 9.36. The number of hydrogen-bond donors (Lipinski definition) is 2. The second-order valence-corrected chi connectivity index (χ2v) is 3.82. The molecule has 0 saturated carbocycles. The molecule has 1 amide bonds. The number of carboxylic acids is 1. The number of aliphatic carboxylic acids is 1. The van der Waals surface area contributed by atoms with Crippen LogP contribution in [0, 0.1) is 5.92 Å². The van der Waals surface area contributed by atoms with E-state index in [9.17, 15) is 9.59 Å². The molecule has 0 saturated heterocycles. The first-order valence-corrected chi connectivity index (χ1v) is 5.08. The highest BCUT2D eigenvalue weighted by atomic mass is 16.4. The fraction of sp³-hybridized carbons (Fsp3) is 0.333. The summed E-state index contributed by atoms with van der Waals surface area (Å²) >= 11 is 0. The van der Waals surface area contributed by atoms with Crippen molar-refractivity contribution in [1.82, 2.24) is 0 Å². The average molecular weight is 221 g/mol. The second kappa shape index (κ2) is 5.30. The minimum absolute atomic E-state index is 0.119. The van der Waals surface area contributed by atoms with Crippen molar-refractivity contribution in [1.29, 1.82) is 0 Å². The van der Waals surface area contributed by atoms with Gasteiger partial charge >= 0.3 is 5.97 Å². The van der Waals surface area contributed by atoms with Crippen LogP contribution in [0.5, 0.6) is 0 Å². The van der Waals surface area contributed by atoms with Crippen LogP contribution in [-0.4, -0.2) is 17.0 Å². The lowest BCUT2D eigenvalue weighted by atomic mass is 10.0. The van der Waals surface area contributed by atoms with Gasteiger partial charge in [0.15, 0.2) is 0 Å². The fourth-order valence-corrected chi connectivity index (χ4v) is 1.37. The topological polar surface area (TPSA) is 66.4 Å². The van der Waals surface area contributed by atoms with Crippen molar-refractivity contribution in [3.63, 3.8) is 0 Å². The summed E-state index contributed by atoms with van der Waals surface area (Å²) in [5, 5.41) is 11.4. The molecule has 0 bridgehead atoms. The number of amides is 1. The molecule has 0 spiro atoms. The summed E-state index contributed by atoms with van der Waals surface area (Å²) in [4.78, 5) is 21.4. The van der Waals surface area contributed by atoms with Crippen LogP contribution in [0.3, 0.4) is 0 Å². The Labute approximate surface area is 94.3 Å². The van der Waals surface area contributed by atoms with Gasteiger partial charge in [0.2, 0.25) is 5.91 Å². The summed E-state index contributed by atoms with van der Waals surface area (Å²) in [5.74, 6) is -1.32. The van der Waals surface area contributed by atoms with Gasteiger partial charge in [-0.05, 0) is 24.1 Å². The summed E-state index contributed by atoms with van der Waals surface area (Å²) in [6.45, 7) is 3.12. The Kier molecular flexibility index (Phi) is 4.05. The number of carbonyl (C=O) groups excluding carboxylic acids is 1. The number of carbonyl (C=O) groups is 2. The van der Waals surface area contributed by atoms with E-state index in [1.165, 1.54) is 6.92 Å². The zero-order chi connectivity index (χ0) is 12.1. The Bertz CT molecular complexity index is 384. The van der Waals surface area contributed by atoms with E-state index in [0.717, 1.165) is 11.3 Å². The molecule has 0 aromatic heterocycles. The highest BCUT2D eigenvalue weighted by Gasteiger charge is 2.11.